The Morgan fingerprint density at radius 1 is 1.40 bits per heavy atom. The molecule has 1 atom stereocenters. The minimum atomic E-state index is -0.896. The van der Waals surface area contributed by atoms with Gasteiger partial charge < -0.3 is 15.7 Å². The molecular formula is C13H22N4O3. The van der Waals surface area contributed by atoms with Crippen LogP contribution < -0.4 is 10.6 Å². The van der Waals surface area contributed by atoms with Crippen LogP contribution in [-0.4, -0.2) is 40.0 Å². The van der Waals surface area contributed by atoms with Gasteiger partial charge in [-0.25, -0.2) is 4.79 Å². The van der Waals surface area contributed by atoms with Crippen LogP contribution in [0.4, 0.5) is 4.79 Å². The third-order valence-corrected chi connectivity index (χ3v) is 2.99. The summed E-state index contributed by atoms with van der Waals surface area (Å²) in [4.78, 5) is 22.5. The number of aliphatic carboxylic acids is 1. The van der Waals surface area contributed by atoms with Gasteiger partial charge in [0.2, 0.25) is 0 Å². The number of aromatic nitrogens is 2. The average molecular weight is 282 g/mol. The van der Waals surface area contributed by atoms with Crippen molar-refractivity contribution >= 4 is 12.0 Å². The fourth-order valence-corrected chi connectivity index (χ4v) is 1.75. The Bertz CT molecular complexity index is 456. The minimum absolute atomic E-state index is 0.0279. The first kappa shape index (κ1) is 16.0. The number of nitrogens with zero attached hydrogens (tertiary/aromatic N) is 2. The number of carboxylic acid groups (broad SMARTS) is 1. The number of urea groups is 1. The van der Waals surface area contributed by atoms with Crippen LogP contribution in [0.1, 0.15) is 19.4 Å². The number of hydrogen-bond donors (Lipinski definition) is 3. The molecule has 112 valence electrons. The van der Waals surface area contributed by atoms with Gasteiger partial charge in [-0.2, -0.15) is 5.10 Å². The lowest BCUT2D eigenvalue weighted by molar-refractivity contribution is -0.142. The normalized spacial score (nSPS) is 12.2. The predicted octanol–water partition coefficient (Wildman–Crippen LogP) is 0.848. The number of carbonyl (C=O) groups excluding carboxylic acids is 1. The highest BCUT2D eigenvalue weighted by Crippen LogP contribution is 2.09. The van der Waals surface area contributed by atoms with Crippen molar-refractivity contribution in [3.63, 3.8) is 0 Å². The van der Waals surface area contributed by atoms with Crippen molar-refractivity contribution in [3.05, 3.63) is 18.0 Å². The molecule has 1 rings (SSSR count). The van der Waals surface area contributed by atoms with Crippen LogP contribution in [0.25, 0.3) is 0 Å². The zero-order valence-electron chi connectivity index (χ0n) is 12.1. The zero-order chi connectivity index (χ0) is 15.1. The number of rotatable bonds is 7. The third-order valence-electron chi connectivity index (χ3n) is 2.99. The largest absolute Gasteiger partial charge is 0.481 e. The average Bonchev–Trinajstić information content (AvgIpc) is 2.74. The molecule has 0 bridgehead atoms. The lowest BCUT2D eigenvalue weighted by Crippen LogP contribution is -2.42. The van der Waals surface area contributed by atoms with Gasteiger partial charge in [-0.15, -0.1) is 0 Å². The van der Waals surface area contributed by atoms with Gasteiger partial charge in [0.15, 0.2) is 0 Å². The van der Waals surface area contributed by atoms with E-state index in [2.05, 4.69) is 15.7 Å². The summed E-state index contributed by atoms with van der Waals surface area (Å²) < 4.78 is 1.74. The number of amides is 2. The quantitative estimate of drug-likeness (QED) is 0.690. The molecule has 2 amide bonds. The van der Waals surface area contributed by atoms with Gasteiger partial charge in [-0.3, -0.25) is 9.48 Å². The van der Waals surface area contributed by atoms with Gasteiger partial charge in [-0.05, 0) is 18.4 Å². The summed E-state index contributed by atoms with van der Waals surface area (Å²) in [5.74, 6) is -1.50. The second kappa shape index (κ2) is 7.52. The van der Waals surface area contributed by atoms with Crippen molar-refractivity contribution in [2.45, 2.75) is 27.3 Å². The van der Waals surface area contributed by atoms with Crippen molar-refractivity contribution in [1.29, 1.82) is 0 Å². The van der Waals surface area contributed by atoms with Crippen LogP contribution >= 0.6 is 0 Å². The molecule has 0 radical (unpaired) electrons. The Kier molecular flexibility index (Phi) is 6.02. The van der Waals surface area contributed by atoms with Crippen LogP contribution in [0.5, 0.6) is 0 Å². The fourth-order valence-electron chi connectivity index (χ4n) is 1.75. The molecule has 0 saturated carbocycles. The number of aryl methyl sites for hydroxylation is 1. The maximum absolute atomic E-state index is 11.5. The van der Waals surface area contributed by atoms with Gasteiger partial charge in [0.25, 0.3) is 0 Å². The van der Waals surface area contributed by atoms with E-state index in [0.717, 1.165) is 5.56 Å². The van der Waals surface area contributed by atoms with E-state index in [1.807, 2.05) is 27.0 Å². The van der Waals surface area contributed by atoms with E-state index in [9.17, 15) is 9.59 Å². The molecule has 7 heteroatoms. The molecule has 0 aromatic carbocycles. The maximum atomic E-state index is 11.5. The van der Waals surface area contributed by atoms with Crippen LogP contribution in [-0.2, 0) is 11.3 Å². The molecule has 0 saturated heterocycles. The summed E-state index contributed by atoms with van der Waals surface area (Å²) in [6.45, 7) is 6.72. The van der Waals surface area contributed by atoms with Crippen LogP contribution in [0.2, 0.25) is 0 Å². The Labute approximate surface area is 118 Å². The lowest BCUT2D eigenvalue weighted by atomic mass is 9.96. The van der Waals surface area contributed by atoms with Crippen molar-refractivity contribution in [2.75, 3.05) is 13.1 Å². The SMILES string of the molecule is Cc1cnn(CCNC(=O)NCC(C(=O)O)C(C)C)c1. The van der Waals surface area contributed by atoms with Crippen LogP contribution in [0.3, 0.4) is 0 Å². The molecule has 1 unspecified atom stereocenters. The van der Waals surface area contributed by atoms with E-state index in [1.54, 1.807) is 10.9 Å². The topological polar surface area (TPSA) is 96.3 Å². The molecule has 1 heterocycles. The molecular weight excluding hydrogens is 260 g/mol. The molecule has 3 N–H and O–H groups in total. The first-order valence-corrected chi connectivity index (χ1v) is 6.63. The second-order valence-corrected chi connectivity index (χ2v) is 5.11. The summed E-state index contributed by atoms with van der Waals surface area (Å²) in [6.07, 6.45) is 3.64. The van der Waals surface area contributed by atoms with Gasteiger partial charge >= 0.3 is 12.0 Å². The summed E-state index contributed by atoms with van der Waals surface area (Å²) in [6, 6.07) is -0.360. The minimum Gasteiger partial charge on any atom is -0.481 e. The molecule has 20 heavy (non-hydrogen) atoms. The number of carboxylic acids is 1. The maximum Gasteiger partial charge on any atom is 0.314 e. The molecule has 1 aromatic heterocycles. The number of carbonyl (C=O) groups is 2. The first-order chi connectivity index (χ1) is 9.40. The van der Waals surface area contributed by atoms with E-state index in [1.165, 1.54) is 0 Å². The molecule has 0 fully saturated rings. The summed E-state index contributed by atoms with van der Waals surface area (Å²) >= 11 is 0. The molecule has 7 nitrogen and oxygen atoms in total. The summed E-state index contributed by atoms with van der Waals surface area (Å²) in [5, 5.41) is 18.3. The summed E-state index contributed by atoms with van der Waals surface area (Å²) in [5.41, 5.74) is 1.07. The number of nitrogens with one attached hydrogen (secondary N) is 2. The second-order valence-electron chi connectivity index (χ2n) is 5.11. The molecule has 0 spiro atoms. The van der Waals surface area contributed by atoms with E-state index < -0.39 is 11.9 Å². The van der Waals surface area contributed by atoms with E-state index in [4.69, 9.17) is 5.11 Å². The zero-order valence-corrected chi connectivity index (χ0v) is 12.1. The Morgan fingerprint density at radius 2 is 2.10 bits per heavy atom. The summed E-state index contributed by atoms with van der Waals surface area (Å²) in [7, 11) is 0. The highest BCUT2D eigenvalue weighted by atomic mass is 16.4. The Hall–Kier alpha value is -2.05. The van der Waals surface area contributed by atoms with E-state index >= 15 is 0 Å². The monoisotopic (exact) mass is 282 g/mol. The standard InChI is InChI=1S/C13H22N4O3/c1-9(2)11(12(18)19)7-15-13(20)14-4-5-17-8-10(3)6-16-17/h6,8-9,11H,4-5,7H2,1-3H3,(H,18,19)(H2,14,15,20). The van der Waals surface area contributed by atoms with Gasteiger partial charge in [-0.1, -0.05) is 13.8 Å². The van der Waals surface area contributed by atoms with Gasteiger partial charge in [0, 0.05) is 19.3 Å². The molecule has 0 aliphatic heterocycles. The number of hydrogen-bond acceptors (Lipinski definition) is 3. The smallest absolute Gasteiger partial charge is 0.314 e. The molecule has 0 aliphatic rings. The first-order valence-electron chi connectivity index (χ1n) is 6.63. The Morgan fingerprint density at radius 3 is 2.60 bits per heavy atom. The predicted molar refractivity (Wildman–Crippen MR) is 74.3 cm³/mol. The van der Waals surface area contributed by atoms with Gasteiger partial charge in [0.1, 0.15) is 0 Å². The van der Waals surface area contributed by atoms with Gasteiger partial charge in [0.05, 0.1) is 18.7 Å². The van der Waals surface area contributed by atoms with Crippen LogP contribution in [0.15, 0.2) is 12.4 Å². The highest BCUT2D eigenvalue weighted by Gasteiger charge is 2.21. The van der Waals surface area contributed by atoms with Crippen molar-refractivity contribution in [2.24, 2.45) is 11.8 Å². The van der Waals surface area contributed by atoms with E-state index in [-0.39, 0.29) is 18.5 Å². The Balaban J connectivity index is 2.24. The van der Waals surface area contributed by atoms with Crippen molar-refractivity contribution in [3.8, 4) is 0 Å². The molecule has 1 aromatic rings. The fraction of sp³-hybridized carbons (Fsp3) is 0.615. The lowest BCUT2D eigenvalue weighted by Gasteiger charge is -2.16. The highest BCUT2D eigenvalue weighted by molar-refractivity contribution is 5.75. The van der Waals surface area contributed by atoms with Crippen molar-refractivity contribution in [1.82, 2.24) is 20.4 Å². The molecule has 0 aliphatic carbocycles. The van der Waals surface area contributed by atoms with Crippen molar-refractivity contribution < 1.29 is 14.7 Å². The van der Waals surface area contributed by atoms with E-state index in [0.29, 0.717) is 13.1 Å². The van der Waals surface area contributed by atoms with Crippen LogP contribution in [0, 0.1) is 18.8 Å². The third kappa shape index (κ3) is 5.29.